The van der Waals surface area contributed by atoms with Crippen LogP contribution in [-0.2, 0) is 16.0 Å². The number of aromatic nitrogens is 2. The number of hydrogen-bond donors (Lipinski definition) is 4. The lowest BCUT2D eigenvalue weighted by atomic mass is 10.0. The molecule has 2 atom stereocenters. The van der Waals surface area contributed by atoms with Gasteiger partial charge in [0.25, 0.3) is 0 Å². The van der Waals surface area contributed by atoms with Crippen LogP contribution in [0.3, 0.4) is 0 Å². The van der Waals surface area contributed by atoms with Crippen LogP contribution in [0.15, 0.2) is 12.5 Å². The van der Waals surface area contributed by atoms with Crippen molar-refractivity contribution in [3.63, 3.8) is 0 Å². The van der Waals surface area contributed by atoms with Gasteiger partial charge in [-0.2, -0.15) is 0 Å². The van der Waals surface area contributed by atoms with E-state index in [-0.39, 0.29) is 12.3 Å². The van der Waals surface area contributed by atoms with Crippen molar-refractivity contribution < 1.29 is 14.7 Å². The molecular formula is C12H20N4O3. The molecule has 1 unspecified atom stereocenters. The fourth-order valence-corrected chi connectivity index (χ4v) is 1.71. The predicted octanol–water partition coefficient (Wildman–Crippen LogP) is -0.105. The summed E-state index contributed by atoms with van der Waals surface area (Å²) < 4.78 is 0. The fourth-order valence-electron chi connectivity index (χ4n) is 1.71. The van der Waals surface area contributed by atoms with Gasteiger partial charge in [0, 0.05) is 18.3 Å². The lowest BCUT2D eigenvalue weighted by Gasteiger charge is -2.18. The predicted molar refractivity (Wildman–Crippen MR) is 69.3 cm³/mol. The molecule has 1 aromatic heterocycles. The van der Waals surface area contributed by atoms with Gasteiger partial charge in [0.2, 0.25) is 5.91 Å². The minimum atomic E-state index is -1.10. The van der Waals surface area contributed by atoms with Crippen molar-refractivity contribution in [1.29, 1.82) is 0 Å². The molecule has 0 saturated heterocycles. The molecule has 0 saturated carbocycles. The number of carboxylic acid groups (broad SMARTS) is 1. The molecule has 1 amide bonds. The zero-order chi connectivity index (χ0) is 14.4. The highest BCUT2D eigenvalue weighted by atomic mass is 16.4. The second-order valence-electron chi connectivity index (χ2n) is 4.92. The minimum Gasteiger partial charge on any atom is -0.480 e. The lowest BCUT2D eigenvalue weighted by Crippen LogP contribution is -2.49. The van der Waals surface area contributed by atoms with Gasteiger partial charge in [-0.05, 0) is 12.3 Å². The van der Waals surface area contributed by atoms with Crippen molar-refractivity contribution in [3.05, 3.63) is 18.2 Å². The number of amides is 1. The summed E-state index contributed by atoms with van der Waals surface area (Å²) in [6, 6.07) is -1.70. The summed E-state index contributed by atoms with van der Waals surface area (Å²) in [5.74, 6) is -1.27. The zero-order valence-corrected chi connectivity index (χ0v) is 11.1. The summed E-state index contributed by atoms with van der Waals surface area (Å²) in [6.45, 7) is 3.90. The molecule has 0 aliphatic carbocycles. The number of imidazole rings is 1. The lowest BCUT2D eigenvalue weighted by molar-refractivity contribution is -0.142. The minimum absolute atomic E-state index is 0.148. The first-order valence-corrected chi connectivity index (χ1v) is 6.16. The summed E-state index contributed by atoms with van der Waals surface area (Å²) in [5.41, 5.74) is 6.36. The average molecular weight is 268 g/mol. The van der Waals surface area contributed by atoms with Crippen LogP contribution in [0, 0.1) is 5.92 Å². The van der Waals surface area contributed by atoms with Gasteiger partial charge < -0.3 is 21.1 Å². The van der Waals surface area contributed by atoms with E-state index in [9.17, 15) is 9.59 Å². The normalized spacial score (nSPS) is 14.1. The van der Waals surface area contributed by atoms with Gasteiger partial charge in [-0.3, -0.25) is 4.79 Å². The van der Waals surface area contributed by atoms with Gasteiger partial charge in [-0.15, -0.1) is 0 Å². The maximum Gasteiger partial charge on any atom is 0.326 e. The third-order valence-electron chi connectivity index (χ3n) is 2.66. The number of carbonyl (C=O) groups is 2. The molecule has 0 spiro atoms. The summed E-state index contributed by atoms with van der Waals surface area (Å²) >= 11 is 0. The molecule has 0 bridgehead atoms. The van der Waals surface area contributed by atoms with Crippen molar-refractivity contribution in [2.24, 2.45) is 11.7 Å². The largest absolute Gasteiger partial charge is 0.480 e. The quantitative estimate of drug-likeness (QED) is 0.550. The Balaban J connectivity index is 2.58. The molecular weight excluding hydrogens is 248 g/mol. The smallest absolute Gasteiger partial charge is 0.326 e. The number of rotatable bonds is 7. The molecule has 0 aliphatic heterocycles. The number of H-pyrrole nitrogens is 1. The number of nitrogens with zero attached hydrogens (tertiary/aromatic N) is 1. The van der Waals surface area contributed by atoms with Gasteiger partial charge in [-0.1, -0.05) is 13.8 Å². The molecule has 19 heavy (non-hydrogen) atoms. The van der Waals surface area contributed by atoms with Gasteiger partial charge in [0.1, 0.15) is 6.04 Å². The molecule has 0 aromatic carbocycles. The van der Waals surface area contributed by atoms with Crippen molar-refractivity contribution in [2.75, 3.05) is 0 Å². The SMILES string of the molecule is CC(C)C[C@H](N)C(=O)NC(Cc1cnc[nH]1)C(=O)O. The van der Waals surface area contributed by atoms with Gasteiger partial charge >= 0.3 is 5.97 Å². The first-order chi connectivity index (χ1) is 8.90. The van der Waals surface area contributed by atoms with Gasteiger partial charge in [0.05, 0.1) is 12.4 Å². The highest BCUT2D eigenvalue weighted by molar-refractivity contribution is 5.86. The Morgan fingerprint density at radius 3 is 2.68 bits per heavy atom. The second kappa shape index (κ2) is 6.89. The third-order valence-corrected chi connectivity index (χ3v) is 2.66. The van der Waals surface area contributed by atoms with E-state index >= 15 is 0 Å². The number of nitrogens with one attached hydrogen (secondary N) is 2. The Morgan fingerprint density at radius 2 is 2.21 bits per heavy atom. The first kappa shape index (κ1) is 15.2. The summed E-state index contributed by atoms with van der Waals surface area (Å²) in [5, 5.41) is 11.5. The summed E-state index contributed by atoms with van der Waals surface area (Å²) in [4.78, 5) is 29.5. The van der Waals surface area contributed by atoms with Crippen LogP contribution in [0.1, 0.15) is 26.0 Å². The second-order valence-corrected chi connectivity index (χ2v) is 4.92. The van der Waals surface area contributed by atoms with Crippen LogP contribution in [0.5, 0.6) is 0 Å². The summed E-state index contributed by atoms with van der Waals surface area (Å²) in [7, 11) is 0. The number of nitrogens with two attached hydrogens (primary N) is 1. The molecule has 0 radical (unpaired) electrons. The Bertz CT molecular complexity index is 417. The van der Waals surface area contributed by atoms with Crippen molar-refractivity contribution in [3.8, 4) is 0 Å². The summed E-state index contributed by atoms with van der Waals surface area (Å²) in [6.07, 6.45) is 3.65. The molecule has 7 nitrogen and oxygen atoms in total. The highest BCUT2D eigenvalue weighted by Crippen LogP contribution is 2.04. The maximum atomic E-state index is 11.8. The van der Waals surface area contributed by atoms with Crippen molar-refractivity contribution >= 4 is 11.9 Å². The number of aliphatic carboxylic acids is 1. The monoisotopic (exact) mass is 268 g/mol. The van der Waals surface area contributed by atoms with Crippen molar-refractivity contribution in [2.45, 2.75) is 38.8 Å². The van der Waals surface area contributed by atoms with E-state index in [1.807, 2.05) is 13.8 Å². The van der Waals surface area contributed by atoms with Crippen LogP contribution in [0.25, 0.3) is 0 Å². The van der Waals surface area contributed by atoms with Crippen molar-refractivity contribution in [1.82, 2.24) is 15.3 Å². The molecule has 0 aliphatic rings. The average Bonchev–Trinajstić information content (AvgIpc) is 2.79. The third kappa shape index (κ3) is 5.09. The van der Waals surface area contributed by atoms with E-state index in [0.717, 1.165) is 0 Å². The molecule has 106 valence electrons. The Morgan fingerprint density at radius 1 is 1.53 bits per heavy atom. The van der Waals surface area contributed by atoms with E-state index in [4.69, 9.17) is 10.8 Å². The van der Waals surface area contributed by atoms with Crippen LogP contribution in [0.4, 0.5) is 0 Å². The first-order valence-electron chi connectivity index (χ1n) is 6.16. The zero-order valence-electron chi connectivity index (χ0n) is 11.1. The van der Waals surface area contributed by atoms with E-state index in [1.165, 1.54) is 12.5 Å². The number of aromatic amines is 1. The van der Waals surface area contributed by atoms with E-state index in [0.29, 0.717) is 12.1 Å². The number of carboxylic acids is 1. The van der Waals surface area contributed by atoms with E-state index in [2.05, 4.69) is 15.3 Å². The number of hydrogen-bond acceptors (Lipinski definition) is 4. The van der Waals surface area contributed by atoms with Crippen LogP contribution >= 0.6 is 0 Å². The van der Waals surface area contributed by atoms with E-state index in [1.54, 1.807) is 0 Å². The molecule has 1 aromatic rings. The van der Waals surface area contributed by atoms with Crippen LogP contribution < -0.4 is 11.1 Å². The fraction of sp³-hybridized carbons (Fsp3) is 0.583. The number of carbonyl (C=O) groups excluding carboxylic acids is 1. The molecule has 1 rings (SSSR count). The highest BCUT2D eigenvalue weighted by Gasteiger charge is 2.24. The Kier molecular flexibility index (Phi) is 5.50. The van der Waals surface area contributed by atoms with Crippen LogP contribution in [-0.4, -0.2) is 39.0 Å². The maximum absolute atomic E-state index is 11.8. The molecule has 1 heterocycles. The van der Waals surface area contributed by atoms with E-state index < -0.39 is 24.0 Å². The topological polar surface area (TPSA) is 121 Å². The standard InChI is InChI=1S/C12H20N4O3/c1-7(2)3-9(13)11(17)16-10(12(18)19)4-8-5-14-6-15-8/h5-7,9-10H,3-4,13H2,1-2H3,(H,14,15)(H,16,17)(H,18,19)/t9-,10?/m0/s1. The Labute approximate surface area is 111 Å². The molecule has 7 heteroatoms. The van der Waals surface area contributed by atoms with Gasteiger partial charge in [-0.25, -0.2) is 9.78 Å². The van der Waals surface area contributed by atoms with Gasteiger partial charge in [0.15, 0.2) is 0 Å². The molecule has 5 N–H and O–H groups in total. The van der Waals surface area contributed by atoms with Crippen LogP contribution in [0.2, 0.25) is 0 Å². The Hall–Kier alpha value is -1.89. The molecule has 0 fully saturated rings.